The van der Waals surface area contributed by atoms with Crippen molar-refractivity contribution in [1.82, 2.24) is 4.90 Å². The molecule has 1 heterocycles. The van der Waals surface area contributed by atoms with E-state index in [9.17, 15) is 10.1 Å². The molecule has 0 aliphatic carbocycles. The Labute approximate surface area is 124 Å². The lowest BCUT2D eigenvalue weighted by Gasteiger charge is -2.37. The predicted molar refractivity (Wildman–Crippen MR) is 81.6 cm³/mol. The second-order valence-electron chi connectivity index (χ2n) is 5.37. The Hall–Kier alpha value is -1.33. The number of piperidine rings is 1. The number of nitrogens with zero attached hydrogens (tertiary/aromatic N) is 3. The molecule has 0 N–H and O–H groups in total. The Kier molecular flexibility index (Phi) is 4.83. The Bertz CT molecular complexity index is 495. The lowest BCUT2D eigenvalue weighted by molar-refractivity contribution is -0.385. The zero-order valence-corrected chi connectivity index (χ0v) is 12.6. The minimum atomic E-state index is -0.379. The van der Waals surface area contributed by atoms with Gasteiger partial charge < -0.3 is 9.80 Å². The van der Waals surface area contributed by atoms with Crippen LogP contribution >= 0.6 is 11.6 Å². The van der Waals surface area contributed by atoms with Crippen molar-refractivity contribution >= 4 is 23.0 Å². The molecule has 6 heteroatoms. The van der Waals surface area contributed by atoms with Crippen molar-refractivity contribution in [3.63, 3.8) is 0 Å². The minimum Gasteiger partial charge on any atom is -0.370 e. The topological polar surface area (TPSA) is 49.6 Å². The number of hydrogen-bond acceptors (Lipinski definition) is 4. The van der Waals surface area contributed by atoms with E-state index in [4.69, 9.17) is 11.6 Å². The van der Waals surface area contributed by atoms with Crippen molar-refractivity contribution in [2.45, 2.75) is 24.8 Å². The molecule has 1 unspecified atom stereocenters. The van der Waals surface area contributed by atoms with E-state index in [0.717, 1.165) is 25.2 Å². The van der Waals surface area contributed by atoms with E-state index in [1.807, 2.05) is 19.2 Å². The zero-order chi connectivity index (χ0) is 14.7. The fourth-order valence-corrected chi connectivity index (χ4v) is 2.96. The van der Waals surface area contributed by atoms with E-state index in [2.05, 4.69) is 16.8 Å². The van der Waals surface area contributed by atoms with Gasteiger partial charge in [-0.15, -0.1) is 11.6 Å². The van der Waals surface area contributed by atoms with Crippen molar-refractivity contribution in [3.05, 3.63) is 33.9 Å². The molecule has 0 saturated carbocycles. The van der Waals surface area contributed by atoms with Crippen LogP contribution in [0.5, 0.6) is 0 Å². The molecule has 0 spiro atoms. The monoisotopic (exact) mass is 297 g/mol. The van der Waals surface area contributed by atoms with Gasteiger partial charge in [-0.25, -0.2) is 0 Å². The van der Waals surface area contributed by atoms with Gasteiger partial charge in [-0.2, -0.15) is 0 Å². The number of rotatable bonds is 4. The average molecular weight is 298 g/mol. The second kappa shape index (κ2) is 6.41. The molecular weight excluding hydrogens is 278 g/mol. The smallest absolute Gasteiger partial charge is 0.273 e. The van der Waals surface area contributed by atoms with Gasteiger partial charge in [-0.3, -0.25) is 10.1 Å². The van der Waals surface area contributed by atoms with E-state index in [1.165, 1.54) is 6.42 Å². The van der Waals surface area contributed by atoms with Crippen LogP contribution in [0.25, 0.3) is 0 Å². The third-order valence-electron chi connectivity index (χ3n) is 3.96. The van der Waals surface area contributed by atoms with Gasteiger partial charge in [0, 0.05) is 37.0 Å². The van der Waals surface area contributed by atoms with Crippen LogP contribution in [-0.4, -0.2) is 43.0 Å². The summed E-state index contributed by atoms with van der Waals surface area (Å²) in [6.07, 6.45) is 2.33. The van der Waals surface area contributed by atoms with Gasteiger partial charge in [0.1, 0.15) is 0 Å². The molecule has 1 fully saturated rings. The summed E-state index contributed by atoms with van der Waals surface area (Å²) in [5, 5.41) is 10.9. The molecule has 1 aliphatic heterocycles. The SMILES string of the molecule is CN1CCCC(N(C)c2ccc([N+](=O)[O-])c(CCl)c2)C1. The summed E-state index contributed by atoms with van der Waals surface area (Å²) < 4.78 is 0. The number of alkyl halides is 1. The minimum absolute atomic E-state index is 0.0953. The highest BCUT2D eigenvalue weighted by atomic mass is 35.5. The van der Waals surface area contributed by atoms with Crippen molar-refractivity contribution in [3.8, 4) is 0 Å². The molecule has 1 aromatic rings. The lowest BCUT2D eigenvalue weighted by atomic mass is 10.0. The van der Waals surface area contributed by atoms with Gasteiger partial charge in [0.25, 0.3) is 5.69 Å². The normalized spacial score (nSPS) is 19.9. The van der Waals surface area contributed by atoms with Crippen molar-refractivity contribution in [2.24, 2.45) is 0 Å². The summed E-state index contributed by atoms with van der Waals surface area (Å²) in [6, 6.07) is 5.64. The zero-order valence-electron chi connectivity index (χ0n) is 11.9. The highest BCUT2D eigenvalue weighted by Gasteiger charge is 2.22. The highest BCUT2D eigenvalue weighted by Crippen LogP contribution is 2.28. The van der Waals surface area contributed by atoms with Gasteiger partial charge in [0.15, 0.2) is 0 Å². The Balaban J connectivity index is 2.21. The predicted octanol–water partition coefficient (Wildman–Crippen LogP) is 2.86. The first-order chi connectivity index (χ1) is 9.52. The standard InChI is InChI=1S/C14H20ClN3O2/c1-16-7-3-4-13(10-16)17(2)12-5-6-14(18(19)20)11(8-12)9-15/h5-6,8,13H,3-4,7,9-10H2,1-2H3. The Morgan fingerprint density at radius 3 is 2.90 bits per heavy atom. The van der Waals surface area contributed by atoms with Gasteiger partial charge in [0.2, 0.25) is 0 Å². The van der Waals surface area contributed by atoms with Gasteiger partial charge in [0.05, 0.1) is 10.8 Å². The molecule has 0 radical (unpaired) electrons. The summed E-state index contributed by atoms with van der Waals surface area (Å²) in [4.78, 5) is 15.1. The Morgan fingerprint density at radius 1 is 1.55 bits per heavy atom. The van der Waals surface area contributed by atoms with Crippen LogP contribution in [0, 0.1) is 10.1 Å². The van der Waals surface area contributed by atoms with Crippen LogP contribution in [0.2, 0.25) is 0 Å². The van der Waals surface area contributed by atoms with Crippen LogP contribution in [0.4, 0.5) is 11.4 Å². The number of anilines is 1. The van der Waals surface area contributed by atoms with Crippen LogP contribution in [0.1, 0.15) is 18.4 Å². The summed E-state index contributed by atoms with van der Waals surface area (Å²) in [7, 11) is 4.17. The highest BCUT2D eigenvalue weighted by molar-refractivity contribution is 6.17. The summed E-state index contributed by atoms with van der Waals surface area (Å²) in [5.41, 5.74) is 1.66. The van der Waals surface area contributed by atoms with Crippen molar-refractivity contribution < 1.29 is 4.92 Å². The third-order valence-corrected chi connectivity index (χ3v) is 4.25. The molecule has 2 rings (SSSR count). The van der Waals surface area contributed by atoms with Crippen LogP contribution in [0.15, 0.2) is 18.2 Å². The van der Waals surface area contributed by atoms with Crippen molar-refractivity contribution in [1.29, 1.82) is 0 Å². The molecule has 1 aromatic carbocycles. The number of nitro groups is 1. The first-order valence-electron chi connectivity index (χ1n) is 6.77. The van der Waals surface area contributed by atoms with Gasteiger partial charge in [-0.1, -0.05) is 0 Å². The van der Waals surface area contributed by atoms with E-state index in [-0.39, 0.29) is 16.5 Å². The summed E-state index contributed by atoms with van der Waals surface area (Å²) >= 11 is 5.83. The fraction of sp³-hybridized carbons (Fsp3) is 0.571. The van der Waals surface area contributed by atoms with E-state index in [1.54, 1.807) is 6.07 Å². The quantitative estimate of drug-likeness (QED) is 0.487. The first kappa shape index (κ1) is 15.1. The number of nitro benzene ring substituents is 1. The number of likely N-dealkylation sites (tertiary alicyclic amines) is 1. The van der Waals surface area contributed by atoms with E-state index in [0.29, 0.717) is 11.6 Å². The van der Waals surface area contributed by atoms with Gasteiger partial charge in [-0.05, 0) is 38.6 Å². The largest absolute Gasteiger partial charge is 0.370 e. The molecule has 110 valence electrons. The second-order valence-corrected chi connectivity index (χ2v) is 5.64. The molecule has 20 heavy (non-hydrogen) atoms. The number of hydrogen-bond donors (Lipinski definition) is 0. The maximum Gasteiger partial charge on any atom is 0.273 e. The number of likely N-dealkylation sites (N-methyl/N-ethyl adjacent to an activating group) is 2. The van der Waals surface area contributed by atoms with Crippen molar-refractivity contribution in [2.75, 3.05) is 32.1 Å². The maximum absolute atomic E-state index is 10.9. The van der Waals surface area contributed by atoms with Crippen LogP contribution in [0.3, 0.4) is 0 Å². The lowest BCUT2D eigenvalue weighted by Crippen LogP contribution is -2.45. The molecule has 5 nitrogen and oxygen atoms in total. The van der Waals surface area contributed by atoms with E-state index >= 15 is 0 Å². The summed E-state index contributed by atoms with van der Waals surface area (Å²) in [5.74, 6) is 0.155. The van der Waals surface area contributed by atoms with E-state index < -0.39 is 0 Å². The number of halogens is 1. The molecular formula is C14H20ClN3O2. The maximum atomic E-state index is 10.9. The molecule has 1 aliphatic rings. The van der Waals surface area contributed by atoms with Crippen LogP contribution < -0.4 is 4.90 Å². The number of benzene rings is 1. The average Bonchev–Trinajstić information content (AvgIpc) is 2.45. The molecule has 0 aromatic heterocycles. The van der Waals surface area contributed by atoms with Crippen LogP contribution in [-0.2, 0) is 5.88 Å². The third kappa shape index (κ3) is 3.22. The Morgan fingerprint density at radius 2 is 2.30 bits per heavy atom. The molecule has 0 bridgehead atoms. The molecule has 0 amide bonds. The molecule has 1 saturated heterocycles. The first-order valence-corrected chi connectivity index (χ1v) is 7.31. The fourth-order valence-electron chi connectivity index (χ4n) is 2.74. The summed E-state index contributed by atoms with van der Waals surface area (Å²) in [6.45, 7) is 2.15. The molecule has 1 atom stereocenters. The van der Waals surface area contributed by atoms with Gasteiger partial charge >= 0.3 is 0 Å².